The van der Waals surface area contributed by atoms with E-state index in [4.69, 9.17) is 0 Å². The molecule has 1 aliphatic carbocycles. The second-order valence-corrected chi connectivity index (χ2v) is 7.23. The van der Waals surface area contributed by atoms with Crippen molar-refractivity contribution in [2.75, 3.05) is 0 Å². The molecule has 30 heavy (non-hydrogen) atoms. The maximum absolute atomic E-state index is 12.9. The van der Waals surface area contributed by atoms with Crippen LogP contribution in [0.15, 0.2) is 60.7 Å². The van der Waals surface area contributed by atoms with E-state index in [-0.39, 0.29) is 18.2 Å². The lowest BCUT2D eigenvalue weighted by Crippen LogP contribution is -2.49. The van der Waals surface area contributed by atoms with E-state index >= 15 is 0 Å². The first kappa shape index (κ1) is 19.5. The summed E-state index contributed by atoms with van der Waals surface area (Å²) in [5.41, 5.74) is 2.08. The normalized spacial score (nSPS) is 14.0. The maximum atomic E-state index is 12.9. The molecule has 8 heteroatoms. The third kappa shape index (κ3) is 4.60. The van der Waals surface area contributed by atoms with Crippen LogP contribution in [0.1, 0.15) is 28.9 Å². The van der Waals surface area contributed by atoms with E-state index in [1.54, 1.807) is 0 Å². The van der Waals surface area contributed by atoms with Crippen LogP contribution in [0.25, 0.3) is 11.3 Å². The predicted octanol–water partition coefficient (Wildman–Crippen LogP) is 1.66. The molecule has 3 aromatic rings. The van der Waals surface area contributed by atoms with Gasteiger partial charge in [0.2, 0.25) is 5.78 Å². The molecule has 0 radical (unpaired) electrons. The van der Waals surface area contributed by atoms with Gasteiger partial charge in [0.25, 0.3) is 11.8 Å². The largest absolute Gasteiger partial charge is 0.347 e. The van der Waals surface area contributed by atoms with E-state index in [1.807, 2.05) is 60.7 Å². The molecule has 0 bridgehead atoms. The van der Waals surface area contributed by atoms with E-state index in [0.717, 1.165) is 24.0 Å². The van der Waals surface area contributed by atoms with Crippen molar-refractivity contribution in [2.24, 2.45) is 0 Å². The number of aromatic nitrogens is 3. The first-order chi connectivity index (χ1) is 14.6. The third-order valence-corrected chi connectivity index (χ3v) is 4.87. The van der Waals surface area contributed by atoms with Crippen LogP contribution >= 0.6 is 0 Å². The average molecular weight is 403 g/mol. The van der Waals surface area contributed by atoms with Crippen molar-refractivity contribution in [1.82, 2.24) is 26.0 Å². The Balaban J connectivity index is 1.55. The second kappa shape index (κ2) is 8.69. The minimum Gasteiger partial charge on any atom is -0.347 e. The lowest BCUT2D eigenvalue weighted by atomic mass is 10.0. The number of carbonyl (C=O) groups excluding carboxylic acids is 3. The fourth-order valence-electron chi connectivity index (χ4n) is 3.12. The zero-order chi connectivity index (χ0) is 20.9. The number of aromatic amines is 1. The number of amides is 2. The standard InChI is InChI=1S/C22H21N5O3/c28-20(22(30)23-16-11-12-16)17(13-14-7-3-1-4-8-14)24-21(29)19-18(25-27-26-19)15-9-5-2-6-10-15/h1-10,16-17H,11-13H2,(H,23,30)(H,24,29)(H,25,26,27)/t17-/m0/s1. The highest BCUT2D eigenvalue weighted by molar-refractivity contribution is 6.38. The highest BCUT2D eigenvalue weighted by Gasteiger charge is 2.32. The van der Waals surface area contributed by atoms with Gasteiger partial charge in [0.1, 0.15) is 6.04 Å². The van der Waals surface area contributed by atoms with Crippen molar-refractivity contribution in [2.45, 2.75) is 31.3 Å². The molecule has 0 aliphatic heterocycles. The number of Topliss-reactive ketones (excluding diaryl/α,β-unsaturated/α-hetero) is 1. The number of carbonyl (C=O) groups is 3. The molecule has 1 fully saturated rings. The van der Waals surface area contributed by atoms with Gasteiger partial charge in [-0.3, -0.25) is 19.5 Å². The Bertz CT molecular complexity index is 1040. The molecule has 0 spiro atoms. The highest BCUT2D eigenvalue weighted by atomic mass is 16.2. The fourth-order valence-corrected chi connectivity index (χ4v) is 3.12. The third-order valence-electron chi connectivity index (χ3n) is 4.87. The van der Waals surface area contributed by atoms with Gasteiger partial charge in [-0.1, -0.05) is 65.9 Å². The first-order valence-corrected chi connectivity index (χ1v) is 9.78. The number of benzene rings is 2. The zero-order valence-corrected chi connectivity index (χ0v) is 16.2. The molecule has 152 valence electrons. The number of hydrogen-bond acceptors (Lipinski definition) is 5. The van der Waals surface area contributed by atoms with Gasteiger partial charge in [0.15, 0.2) is 5.69 Å². The monoisotopic (exact) mass is 403 g/mol. The first-order valence-electron chi connectivity index (χ1n) is 9.78. The highest BCUT2D eigenvalue weighted by Crippen LogP contribution is 2.20. The van der Waals surface area contributed by atoms with Crippen LogP contribution in [-0.2, 0) is 16.0 Å². The Morgan fingerprint density at radius 1 is 1.00 bits per heavy atom. The van der Waals surface area contributed by atoms with Gasteiger partial charge in [-0.2, -0.15) is 0 Å². The van der Waals surface area contributed by atoms with Crippen molar-refractivity contribution >= 4 is 17.6 Å². The van der Waals surface area contributed by atoms with Gasteiger partial charge in [-0.25, -0.2) is 0 Å². The Morgan fingerprint density at radius 2 is 1.67 bits per heavy atom. The van der Waals surface area contributed by atoms with E-state index in [9.17, 15) is 14.4 Å². The van der Waals surface area contributed by atoms with E-state index in [2.05, 4.69) is 26.0 Å². The molecule has 0 saturated heterocycles. The summed E-state index contributed by atoms with van der Waals surface area (Å²) in [6.07, 6.45) is 1.93. The smallest absolute Gasteiger partial charge is 0.289 e. The van der Waals surface area contributed by atoms with Crippen molar-refractivity contribution in [3.63, 3.8) is 0 Å². The number of H-pyrrole nitrogens is 1. The molecule has 3 N–H and O–H groups in total. The van der Waals surface area contributed by atoms with Gasteiger partial charge in [-0.15, -0.1) is 5.10 Å². The van der Waals surface area contributed by atoms with Crippen LogP contribution in [0, 0.1) is 0 Å². The van der Waals surface area contributed by atoms with Gasteiger partial charge in [-0.05, 0) is 18.4 Å². The SMILES string of the molecule is O=C(NC1CC1)C(=O)[C@H](Cc1ccccc1)NC(=O)c1nn[nH]c1-c1ccccc1. The fraction of sp³-hybridized carbons (Fsp3) is 0.227. The molecule has 2 amide bonds. The van der Waals surface area contributed by atoms with Gasteiger partial charge in [0.05, 0.1) is 5.69 Å². The van der Waals surface area contributed by atoms with E-state index in [0.29, 0.717) is 5.69 Å². The lowest BCUT2D eigenvalue weighted by molar-refractivity contribution is -0.139. The molecule has 1 aliphatic rings. The number of ketones is 1. The summed E-state index contributed by atoms with van der Waals surface area (Å²) >= 11 is 0. The molecule has 0 unspecified atom stereocenters. The molecule has 1 heterocycles. The molecule has 1 aromatic heterocycles. The van der Waals surface area contributed by atoms with Crippen LogP contribution in [0.5, 0.6) is 0 Å². The summed E-state index contributed by atoms with van der Waals surface area (Å²) in [7, 11) is 0. The number of nitrogens with one attached hydrogen (secondary N) is 3. The lowest BCUT2D eigenvalue weighted by Gasteiger charge is -2.17. The van der Waals surface area contributed by atoms with Gasteiger partial charge in [0, 0.05) is 18.0 Å². The summed E-state index contributed by atoms with van der Waals surface area (Å²) in [6, 6.07) is 17.4. The van der Waals surface area contributed by atoms with E-state index in [1.165, 1.54) is 0 Å². The Hall–Kier alpha value is -3.81. The number of rotatable bonds is 8. The summed E-state index contributed by atoms with van der Waals surface area (Å²) in [5, 5.41) is 15.7. The van der Waals surface area contributed by atoms with Crippen molar-refractivity contribution in [3.05, 3.63) is 71.9 Å². The maximum Gasteiger partial charge on any atom is 0.289 e. The predicted molar refractivity (Wildman–Crippen MR) is 109 cm³/mol. The molecular formula is C22H21N5O3. The molecule has 4 rings (SSSR count). The Kier molecular flexibility index (Phi) is 5.65. The number of hydrogen-bond donors (Lipinski definition) is 3. The van der Waals surface area contributed by atoms with Crippen LogP contribution < -0.4 is 10.6 Å². The van der Waals surface area contributed by atoms with Crippen LogP contribution in [0.4, 0.5) is 0 Å². The van der Waals surface area contributed by atoms with Crippen molar-refractivity contribution in [1.29, 1.82) is 0 Å². The molecule has 1 atom stereocenters. The van der Waals surface area contributed by atoms with Crippen LogP contribution in [0.3, 0.4) is 0 Å². The summed E-state index contributed by atoms with van der Waals surface area (Å²) in [4.78, 5) is 38.1. The van der Waals surface area contributed by atoms with E-state index < -0.39 is 23.6 Å². The number of nitrogens with zero attached hydrogens (tertiary/aromatic N) is 2. The molecule has 1 saturated carbocycles. The Morgan fingerprint density at radius 3 is 2.33 bits per heavy atom. The molecular weight excluding hydrogens is 382 g/mol. The zero-order valence-electron chi connectivity index (χ0n) is 16.2. The molecule has 2 aromatic carbocycles. The molecule has 8 nitrogen and oxygen atoms in total. The van der Waals surface area contributed by atoms with Gasteiger partial charge >= 0.3 is 0 Å². The summed E-state index contributed by atoms with van der Waals surface area (Å²) in [5.74, 6) is -1.93. The topological polar surface area (TPSA) is 117 Å². The minimum atomic E-state index is -1.01. The summed E-state index contributed by atoms with van der Waals surface area (Å²) < 4.78 is 0. The van der Waals surface area contributed by atoms with Crippen molar-refractivity contribution in [3.8, 4) is 11.3 Å². The van der Waals surface area contributed by atoms with Gasteiger partial charge < -0.3 is 10.6 Å². The minimum absolute atomic E-state index is 0.0507. The average Bonchev–Trinajstić information content (AvgIpc) is 3.45. The quantitative estimate of drug-likeness (QED) is 0.495. The van der Waals surface area contributed by atoms with Crippen LogP contribution in [-0.4, -0.2) is 45.1 Å². The van der Waals surface area contributed by atoms with Crippen molar-refractivity contribution < 1.29 is 14.4 Å². The Labute approximate surface area is 173 Å². The van der Waals surface area contributed by atoms with Crippen LogP contribution in [0.2, 0.25) is 0 Å². The second-order valence-electron chi connectivity index (χ2n) is 7.23. The summed E-state index contributed by atoms with van der Waals surface area (Å²) in [6.45, 7) is 0.